The number of imidazole rings is 1. The summed E-state index contributed by atoms with van der Waals surface area (Å²) in [4.78, 5) is 45.1. The lowest BCUT2D eigenvalue weighted by Gasteiger charge is -2.07. The van der Waals surface area contributed by atoms with Crippen LogP contribution in [-0.4, -0.2) is 43.5 Å². The second-order valence-corrected chi connectivity index (χ2v) is 5.74. The Morgan fingerprint density at radius 2 is 2.14 bits per heavy atom. The zero-order valence-electron chi connectivity index (χ0n) is 14.2. The highest BCUT2D eigenvalue weighted by Crippen LogP contribution is 2.32. The summed E-state index contributed by atoms with van der Waals surface area (Å²) in [5, 5.41) is 11.2. The van der Waals surface area contributed by atoms with Crippen molar-refractivity contribution in [3.05, 3.63) is 40.4 Å². The first-order valence-corrected chi connectivity index (χ1v) is 7.99. The Bertz CT molecular complexity index is 1140. The molecule has 0 atom stereocenters. The van der Waals surface area contributed by atoms with Gasteiger partial charge in [0.25, 0.3) is 5.56 Å². The molecule has 0 saturated carbocycles. The molecule has 0 bridgehead atoms. The molecule has 1 aliphatic rings. The molecular weight excluding hydrogens is 374 g/mol. The van der Waals surface area contributed by atoms with Gasteiger partial charge >= 0.3 is 12.1 Å². The molecule has 1 aliphatic heterocycles. The first-order chi connectivity index (χ1) is 13.5. The molecule has 12 heteroatoms. The third kappa shape index (κ3) is 3.42. The molecular formula is C16H13N5O7. The van der Waals surface area contributed by atoms with Crippen LogP contribution >= 0.6 is 0 Å². The number of nitrogens with zero attached hydrogens (tertiary/aromatic N) is 3. The largest absolute Gasteiger partial charge is 0.480 e. The Morgan fingerprint density at radius 3 is 2.96 bits per heavy atom. The van der Waals surface area contributed by atoms with Gasteiger partial charge in [0.05, 0.1) is 6.33 Å². The molecule has 144 valence electrons. The molecule has 0 fully saturated rings. The van der Waals surface area contributed by atoms with Gasteiger partial charge in [0.1, 0.15) is 13.2 Å². The van der Waals surface area contributed by atoms with E-state index in [1.165, 1.54) is 10.9 Å². The van der Waals surface area contributed by atoms with E-state index in [2.05, 4.69) is 20.3 Å². The minimum Gasteiger partial charge on any atom is -0.480 e. The lowest BCUT2D eigenvalue weighted by atomic mass is 10.2. The number of hydrogen-bond acceptors (Lipinski definition) is 8. The van der Waals surface area contributed by atoms with Crippen LogP contribution in [0.4, 0.5) is 10.7 Å². The molecule has 3 heterocycles. The number of carbonyl (C=O) groups excluding carboxylic acids is 1. The van der Waals surface area contributed by atoms with Crippen molar-refractivity contribution < 1.29 is 28.9 Å². The van der Waals surface area contributed by atoms with Crippen molar-refractivity contribution in [2.45, 2.75) is 13.2 Å². The van der Waals surface area contributed by atoms with Crippen molar-refractivity contribution in [2.75, 3.05) is 12.1 Å². The van der Waals surface area contributed by atoms with E-state index in [1.54, 1.807) is 18.2 Å². The van der Waals surface area contributed by atoms with Crippen LogP contribution in [0.3, 0.4) is 0 Å². The highest BCUT2D eigenvalue weighted by atomic mass is 16.7. The van der Waals surface area contributed by atoms with Crippen LogP contribution in [0.2, 0.25) is 0 Å². The fourth-order valence-electron chi connectivity index (χ4n) is 2.59. The van der Waals surface area contributed by atoms with Gasteiger partial charge in [-0.1, -0.05) is 6.07 Å². The summed E-state index contributed by atoms with van der Waals surface area (Å²) in [6, 6.07) is 5.11. The van der Waals surface area contributed by atoms with E-state index in [0.29, 0.717) is 17.1 Å². The third-order valence-electron chi connectivity index (χ3n) is 3.81. The van der Waals surface area contributed by atoms with E-state index in [-0.39, 0.29) is 30.5 Å². The summed E-state index contributed by atoms with van der Waals surface area (Å²) in [7, 11) is 0. The number of H-pyrrole nitrogens is 1. The number of ether oxygens (including phenoxy) is 3. The van der Waals surface area contributed by atoms with Crippen LogP contribution in [0.1, 0.15) is 5.56 Å². The molecule has 1 aromatic carbocycles. The minimum absolute atomic E-state index is 0.0252. The van der Waals surface area contributed by atoms with Crippen LogP contribution in [0.5, 0.6) is 11.5 Å². The fourth-order valence-corrected chi connectivity index (χ4v) is 2.59. The Kier molecular flexibility index (Phi) is 4.27. The molecule has 12 nitrogen and oxygen atoms in total. The number of aromatic nitrogens is 4. The number of benzene rings is 1. The average molecular weight is 387 g/mol. The fraction of sp³-hybridized carbons (Fsp3) is 0.188. The summed E-state index contributed by atoms with van der Waals surface area (Å²) >= 11 is 0. The number of aliphatic carboxylic acids is 1. The summed E-state index contributed by atoms with van der Waals surface area (Å²) < 4.78 is 16.7. The Morgan fingerprint density at radius 1 is 1.32 bits per heavy atom. The summed E-state index contributed by atoms with van der Waals surface area (Å²) in [5.41, 5.74) is 0.0359. The number of carbonyl (C=O) groups is 2. The van der Waals surface area contributed by atoms with Crippen LogP contribution in [0, 0.1) is 0 Å². The third-order valence-corrected chi connectivity index (χ3v) is 3.81. The van der Waals surface area contributed by atoms with Gasteiger partial charge in [-0.25, -0.2) is 9.78 Å². The maximum absolute atomic E-state index is 12.0. The molecule has 4 rings (SSSR count). The first-order valence-electron chi connectivity index (χ1n) is 7.99. The number of carboxylic acid groups (broad SMARTS) is 1. The van der Waals surface area contributed by atoms with Crippen molar-refractivity contribution in [3.8, 4) is 11.5 Å². The van der Waals surface area contributed by atoms with Gasteiger partial charge in [-0.05, 0) is 17.7 Å². The number of aromatic amines is 1. The van der Waals surface area contributed by atoms with E-state index in [1.807, 2.05) is 0 Å². The lowest BCUT2D eigenvalue weighted by Crippen LogP contribution is -2.20. The van der Waals surface area contributed by atoms with Crippen molar-refractivity contribution >= 4 is 29.2 Å². The lowest BCUT2D eigenvalue weighted by molar-refractivity contribution is -0.137. The number of carboxylic acids is 1. The SMILES string of the molecule is O=C(O)Cn1cnc2c(=O)[nH]c(NC(=O)OCc3ccc4c(c3)OCO4)nc21. The summed E-state index contributed by atoms with van der Waals surface area (Å²) in [6.45, 7) is -0.340. The second-order valence-electron chi connectivity index (χ2n) is 5.74. The summed E-state index contributed by atoms with van der Waals surface area (Å²) in [5.74, 6) is -0.148. The van der Waals surface area contributed by atoms with E-state index in [0.717, 1.165) is 0 Å². The van der Waals surface area contributed by atoms with Crippen LogP contribution in [-0.2, 0) is 22.7 Å². The van der Waals surface area contributed by atoms with Gasteiger partial charge in [0, 0.05) is 0 Å². The minimum atomic E-state index is -1.13. The Labute approximate surface area is 155 Å². The van der Waals surface area contributed by atoms with Crippen molar-refractivity contribution in [1.82, 2.24) is 19.5 Å². The molecule has 0 aliphatic carbocycles. The van der Waals surface area contributed by atoms with E-state index in [4.69, 9.17) is 19.3 Å². The summed E-state index contributed by atoms with van der Waals surface area (Å²) in [6.07, 6.45) is 0.326. The van der Waals surface area contributed by atoms with E-state index < -0.39 is 24.2 Å². The van der Waals surface area contributed by atoms with Gasteiger partial charge in [-0.15, -0.1) is 0 Å². The molecule has 0 unspecified atom stereocenters. The standard InChI is InChI=1S/C16H13N5O7/c22-11(23)4-21-6-17-12-13(21)18-15(19-14(12)24)20-16(25)26-5-8-1-2-9-10(3-8)28-7-27-9/h1-3,6H,4-5,7H2,(H,22,23)(H2,18,19,20,24,25). The molecule has 1 amide bonds. The molecule has 0 saturated heterocycles. The Hall–Kier alpha value is -4.09. The van der Waals surface area contributed by atoms with Crippen LogP contribution < -0.4 is 20.3 Å². The normalized spacial score (nSPS) is 12.1. The van der Waals surface area contributed by atoms with Gasteiger partial charge in [-0.3, -0.25) is 19.9 Å². The second kappa shape index (κ2) is 6.90. The molecule has 3 aromatic rings. The predicted molar refractivity (Wildman–Crippen MR) is 92.2 cm³/mol. The first kappa shape index (κ1) is 17.3. The predicted octanol–water partition coefficient (Wildman–Crippen LogP) is 0.682. The molecule has 2 aromatic heterocycles. The van der Waals surface area contributed by atoms with Crippen molar-refractivity contribution in [2.24, 2.45) is 0 Å². The number of fused-ring (bicyclic) bond motifs is 2. The zero-order valence-corrected chi connectivity index (χ0v) is 14.2. The van der Waals surface area contributed by atoms with Crippen molar-refractivity contribution in [1.29, 1.82) is 0 Å². The monoisotopic (exact) mass is 387 g/mol. The maximum atomic E-state index is 12.0. The van der Waals surface area contributed by atoms with Crippen LogP contribution in [0.25, 0.3) is 11.2 Å². The van der Waals surface area contributed by atoms with Gasteiger partial charge in [-0.2, -0.15) is 4.98 Å². The molecule has 28 heavy (non-hydrogen) atoms. The smallest absolute Gasteiger partial charge is 0.414 e. The van der Waals surface area contributed by atoms with Gasteiger partial charge in [0.15, 0.2) is 22.7 Å². The highest BCUT2D eigenvalue weighted by molar-refractivity contribution is 5.83. The number of rotatable bonds is 5. The molecule has 0 radical (unpaired) electrons. The van der Waals surface area contributed by atoms with Gasteiger partial charge in [0.2, 0.25) is 12.7 Å². The average Bonchev–Trinajstić information content (AvgIpc) is 3.26. The van der Waals surface area contributed by atoms with Crippen molar-refractivity contribution in [3.63, 3.8) is 0 Å². The van der Waals surface area contributed by atoms with E-state index in [9.17, 15) is 14.4 Å². The van der Waals surface area contributed by atoms with E-state index >= 15 is 0 Å². The zero-order chi connectivity index (χ0) is 19.7. The number of nitrogens with one attached hydrogen (secondary N) is 2. The highest BCUT2D eigenvalue weighted by Gasteiger charge is 2.16. The number of anilines is 1. The topological polar surface area (TPSA) is 158 Å². The number of amides is 1. The molecule has 3 N–H and O–H groups in total. The van der Waals surface area contributed by atoms with Gasteiger partial charge < -0.3 is 23.9 Å². The quantitative estimate of drug-likeness (QED) is 0.572. The molecule has 0 spiro atoms. The Balaban J connectivity index is 1.46. The van der Waals surface area contributed by atoms with Crippen LogP contribution in [0.15, 0.2) is 29.3 Å². The maximum Gasteiger partial charge on any atom is 0.414 e. The number of hydrogen-bond donors (Lipinski definition) is 3.